The molecule has 1 amide bonds. The molecule has 0 radical (unpaired) electrons. The van der Waals surface area contributed by atoms with Gasteiger partial charge in [-0.15, -0.1) is 0 Å². The summed E-state index contributed by atoms with van der Waals surface area (Å²) in [6.45, 7) is 2.07. The van der Waals surface area contributed by atoms with Crippen molar-refractivity contribution < 1.29 is 22.4 Å². The SMILES string of the molecule is O=C(CCCn1nc(-c2ccco2)ccc1=O)N1CCN(c2cccc(C(F)(F)F)c2)CC1. The number of halogens is 3. The molecule has 4 rings (SSSR count). The molecule has 1 saturated heterocycles. The largest absolute Gasteiger partial charge is 0.463 e. The van der Waals surface area contributed by atoms with Gasteiger partial charge in [-0.05, 0) is 42.8 Å². The molecule has 0 unspecified atom stereocenters. The van der Waals surface area contributed by atoms with Crippen LogP contribution in [0.25, 0.3) is 11.5 Å². The van der Waals surface area contributed by atoms with Gasteiger partial charge in [0.15, 0.2) is 5.76 Å². The molecule has 33 heavy (non-hydrogen) atoms. The predicted octanol–water partition coefficient (Wildman–Crippen LogP) is 3.65. The van der Waals surface area contributed by atoms with E-state index in [-0.39, 0.29) is 17.9 Å². The van der Waals surface area contributed by atoms with Gasteiger partial charge >= 0.3 is 6.18 Å². The van der Waals surface area contributed by atoms with Crippen LogP contribution in [0.1, 0.15) is 18.4 Å². The van der Waals surface area contributed by atoms with Gasteiger partial charge in [0.25, 0.3) is 5.56 Å². The lowest BCUT2D eigenvalue weighted by Crippen LogP contribution is -2.48. The first-order chi connectivity index (χ1) is 15.8. The molecule has 174 valence electrons. The molecule has 1 fully saturated rings. The fourth-order valence-corrected chi connectivity index (χ4v) is 3.80. The van der Waals surface area contributed by atoms with E-state index in [1.165, 1.54) is 23.1 Å². The second-order valence-corrected chi connectivity index (χ2v) is 7.78. The van der Waals surface area contributed by atoms with E-state index in [1.54, 1.807) is 29.2 Å². The Kier molecular flexibility index (Phi) is 6.52. The highest BCUT2D eigenvalue weighted by atomic mass is 19.4. The van der Waals surface area contributed by atoms with Crippen LogP contribution >= 0.6 is 0 Å². The number of hydrogen-bond acceptors (Lipinski definition) is 5. The Morgan fingerprint density at radius 2 is 1.82 bits per heavy atom. The highest BCUT2D eigenvalue weighted by Crippen LogP contribution is 2.31. The first-order valence-electron chi connectivity index (χ1n) is 10.6. The lowest BCUT2D eigenvalue weighted by Gasteiger charge is -2.36. The summed E-state index contributed by atoms with van der Waals surface area (Å²) in [4.78, 5) is 28.2. The van der Waals surface area contributed by atoms with E-state index in [0.717, 1.165) is 12.1 Å². The first kappa shape index (κ1) is 22.6. The van der Waals surface area contributed by atoms with E-state index in [9.17, 15) is 22.8 Å². The average Bonchev–Trinajstić information content (AvgIpc) is 3.35. The number of furan rings is 1. The molecule has 1 aliphatic heterocycles. The number of nitrogens with zero attached hydrogens (tertiary/aromatic N) is 4. The van der Waals surface area contributed by atoms with Crippen molar-refractivity contribution >= 4 is 11.6 Å². The number of amides is 1. The van der Waals surface area contributed by atoms with Gasteiger partial charge < -0.3 is 14.2 Å². The topological polar surface area (TPSA) is 71.6 Å². The lowest BCUT2D eigenvalue weighted by molar-refractivity contribution is -0.137. The van der Waals surface area contributed by atoms with Crippen LogP contribution in [0.3, 0.4) is 0 Å². The third-order valence-electron chi connectivity index (χ3n) is 5.57. The van der Waals surface area contributed by atoms with E-state index < -0.39 is 11.7 Å². The van der Waals surface area contributed by atoms with Crippen molar-refractivity contribution in [3.05, 3.63) is 70.7 Å². The number of aromatic nitrogens is 2. The maximum Gasteiger partial charge on any atom is 0.416 e. The van der Waals surface area contributed by atoms with Crippen molar-refractivity contribution in [2.24, 2.45) is 0 Å². The molecule has 0 aliphatic carbocycles. The second kappa shape index (κ2) is 9.51. The summed E-state index contributed by atoms with van der Waals surface area (Å²) in [6.07, 6.45) is -2.16. The summed E-state index contributed by atoms with van der Waals surface area (Å²) in [5.41, 5.74) is 0.0985. The quantitative estimate of drug-likeness (QED) is 0.562. The van der Waals surface area contributed by atoms with Crippen LogP contribution in [0.4, 0.5) is 18.9 Å². The molecule has 2 aromatic heterocycles. The Morgan fingerprint density at radius 3 is 2.52 bits per heavy atom. The molecule has 0 spiro atoms. The van der Waals surface area contributed by atoms with Crippen molar-refractivity contribution in [2.75, 3.05) is 31.1 Å². The lowest BCUT2D eigenvalue weighted by atomic mass is 10.1. The number of carbonyl (C=O) groups is 1. The summed E-state index contributed by atoms with van der Waals surface area (Å²) in [5, 5.41) is 4.29. The standard InChI is InChI=1S/C23H23F3N4O3/c24-23(25,26)17-4-1-5-18(16-17)28-11-13-29(14-12-28)21(31)7-2-10-30-22(32)9-8-19(27-30)20-6-3-15-33-20/h1,3-6,8-9,15-16H,2,7,10-14H2. The highest BCUT2D eigenvalue weighted by Gasteiger charge is 2.31. The zero-order valence-electron chi connectivity index (χ0n) is 17.8. The van der Waals surface area contributed by atoms with E-state index in [4.69, 9.17) is 4.42 Å². The molecule has 0 N–H and O–H groups in total. The first-order valence-corrected chi connectivity index (χ1v) is 10.6. The van der Waals surface area contributed by atoms with Gasteiger partial charge in [-0.2, -0.15) is 18.3 Å². The van der Waals surface area contributed by atoms with Crippen molar-refractivity contribution in [1.29, 1.82) is 0 Å². The molecule has 0 bridgehead atoms. The van der Waals surface area contributed by atoms with Gasteiger partial charge in [0.1, 0.15) is 5.69 Å². The molecule has 0 atom stereocenters. The van der Waals surface area contributed by atoms with Gasteiger partial charge in [0.2, 0.25) is 5.91 Å². The Hall–Kier alpha value is -3.56. The monoisotopic (exact) mass is 460 g/mol. The Balaban J connectivity index is 1.28. The summed E-state index contributed by atoms with van der Waals surface area (Å²) >= 11 is 0. The fraction of sp³-hybridized carbons (Fsp3) is 0.348. The Bertz CT molecular complexity index is 1150. The van der Waals surface area contributed by atoms with Crippen LogP contribution in [-0.4, -0.2) is 46.8 Å². The number of benzene rings is 1. The van der Waals surface area contributed by atoms with Crippen molar-refractivity contribution in [2.45, 2.75) is 25.6 Å². The minimum Gasteiger partial charge on any atom is -0.463 e. The smallest absolute Gasteiger partial charge is 0.416 e. The minimum atomic E-state index is -4.39. The number of hydrogen-bond donors (Lipinski definition) is 0. The number of carbonyl (C=O) groups excluding carboxylic acids is 1. The Morgan fingerprint density at radius 1 is 1.03 bits per heavy atom. The zero-order valence-corrected chi connectivity index (χ0v) is 17.8. The third-order valence-corrected chi connectivity index (χ3v) is 5.57. The average molecular weight is 460 g/mol. The van der Waals surface area contributed by atoms with Crippen LogP contribution in [-0.2, 0) is 17.5 Å². The normalized spacial score (nSPS) is 14.5. The molecule has 10 heteroatoms. The van der Waals surface area contributed by atoms with Gasteiger partial charge in [0, 0.05) is 50.9 Å². The van der Waals surface area contributed by atoms with E-state index in [0.29, 0.717) is 56.3 Å². The number of piperazine rings is 1. The number of rotatable bonds is 6. The molecule has 1 aliphatic rings. The maximum absolute atomic E-state index is 13.0. The van der Waals surface area contributed by atoms with Crippen LogP contribution < -0.4 is 10.5 Å². The van der Waals surface area contributed by atoms with Crippen molar-refractivity contribution in [3.63, 3.8) is 0 Å². The van der Waals surface area contributed by atoms with Crippen LogP contribution in [0.15, 0.2) is 64.0 Å². The van der Waals surface area contributed by atoms with Gasteiger partial charge in [-0.25, -0.2) is 4.68 Å². The van der Waals surface area contributed by atoms with Gasteiger partial charge in [0.05, 0.1) is 11.8 Å². The highest BCUT2D eigenvalue weighted by molar-refractivity contribution is 5.76. The number of alkyl halides is 3. The minimum absolute atomic E-state index is 0.0473. The van der Waals surface area contributed by atoms with Gasteiger partial charge in [-0.1, -0.05) is 6.07 Å². The van der Waals surface area contributed by atoms with Crippen molar-refractivity contribution in [3.8, 4) is 11.5 Å². The second-order valence-electron chi connectivity index (χ2n) is 7.78. The van der Waals surface area contributed by atoms with Gasteiger partial charge in [-0.3, -0.25) is 9.59 Å². The van der Waals surface area contributed by atoms with Crippen molar-refractivity contribution in [1.82, 2.24) is 14.7 Å². The molecule has 1 aromatic carbocycles. The molecule has 0 saturated carbocycles. The summed E-state index contributed by atoms with van der Waals surface area (Å²) < 4.78 is 45.5. The molecule has 3 aromatic rings. The van der Waals surface area contributed by atoms with Crippen LogP contribution in [0, 0.1) is 0 Å². The summed E-state index contributed by atoms with van der Waals surface area (Å²) in [7, 11) is 0. The maximum atomic E-state index is 13.0. The summed E-state index contributed by atoms with van der Waals surface area (Å²) in [6, 6.07) is 11.7. The summed E-state index contributed by atoms with van der Waals surface area (Å²) in [5.74, 6) is 0.507. The molecule has 7 nitrogen and oxygen atoms in total. The van der Waals surface area contributed by atoms with E-state index in [1.807, 2.05) is 4.90 Å². The molecular formula is C23H23F3N4O3. The van der Waals surface area contributed by atoms with E-state index in [2.05, 4.69) is 5.10 Å². The third kappa shape index (κ3) is 5.44. The fourth-order valence-electron chi connectivity index (χ4n) is 3.80. The predicted molar refractivity (Wildman–Crippen MR) is 116 cm³/mol. The Labute approximate surface area is 188 Å². The number of aryl methyl sites for hydroxylation is 1. The number of anilines is 1. The molecular weight excluding hydrogens is 437 g/mol. The van der Waals surface area contributed by atoms with Crippen LogP contribution in [0.5, 0.6) is 0 Å². The molecule has 3 heterocycles. The van der Waals surface area contributed by atoms with Crippen LogP contribution in [0.2, 0.25) is 0 Å². The van der Waals surface area contributed by atoms with E-state index >= 15 is 0 Å². The zero-order chi connectivity index (χ0) is 23.4.